The molecule has 0 unspecified atom stereocenters. The molecule has 3 aromatic rings. The smallest absolute Gasteiger partial charge is 0.262 e. The summed E-state index contributed by atoms with van der Waals surface area (Å²) in [5, 5.41) is 12.5. The maximum absolute atomic E-state index is 13.5. The van der Waals surface area contributed by atoms with E-state index in [-0.39, 0.29) is 24.0 Å². The molecule has 1 amide bonds. The number of amides is 1. The molecule has 0 aliphatic heterocycles. The molecule has 0 aromatic heterocycles. The van der Waals surface area contributed by atoms with Gasteiger partial charge in [0.15, 0.2) is 11.5 Å². The molecule has 0 spiro atoms. The standard InChI is InChI=1S/C27H24BrFN2O3/c1-3-33-25-14-21(24(28)15-26(25)34-17-19-8-7-11-23(29)12-19)13-22(16-30)27(32)31-18(2)20-9-5-4-6-10-20/h4-15,18H,3,17H2,1-2H3,(H,31,32)/b22-13-/t18-/m1/s1. The van der Waals surface area contributed by atoms with E-state index in [0.29, 0.717) is 33.7 Å². The van der Waals surface area contributed by atoms with Gasteiger partial charge in [-0.2, -0.15) is 5.26 Å². The molecular formula is C27H24BrFN2O3. The average Bonchev–Trinajstić information content (AvgIpc) is 2.83. The summed E-state index contributed by atoms with van der Waals surface area (Å²) in [6.45, 7) is 4.24. The summed E-state index contributed by atoms with van der Waals surface area (Å²) >= 11 is 3.48. The fourth-order valence-electron chi connectivity index (χ4n) is 3.23. The molecule has 7 heteroatoms. The molecule has 1 atom stereocenters. The first-order valence-electron chi connectivity index (χ1n) is 10.7. The summed E-state index contributed by atoms with van der Waals surface area (Å²) < 4.78 is 25.6. The minimum absolute atomic E-state index is 0.0423. The zero-order valence-electron chi connectivity index (χ0n) is 18.8. The Bertz CT molecular complexity index is 1220. The van der Waals surface area contributed by atoms with Crippen molar-refractivity contribution in [2.45, 2.75) is 26.5 Å². The van der Waals surface area contributed by atoms with Gasteiger partial charge in [-0.3, -0.25) is 4.79 Å². The van der Waals surface area contributed by atoms with E-state index in [0.717, 1.165) is 5.56 Å². The molecule has 174 valence electrons. The van der Waals surface area contributed by atoms with Crippen LogP contribution in [0.15, 0.2) is 76.8 Å². The van der Waals surface area contributed by atoms with Crippen LogP contribution in [0.1, 0.15) is 36.6 Å². The van der Waals surface area contributed by atoms with E-state index < -0.39 is 5.91 Å². The highest BCUT2D eigenvalue weighted by atomic mass is 79.9. The third-order valence-corrected chi connectivity index (χ3v) is 5.65. The molecule has 0 fully saturated rings. The number of ether oxygens (including phenoxy) is 2. The Morgan fingerprint density at radius 2 is 1.85 bits per heavy atom. The predicted octanol–water partition coefficient (Wildman–Crippen LogP) is 6.35. The van der Waals surface area contributed by atoms with Crippen LogP contribution in [0.2, 0.25) is 0 Å². The molecule has 3 rings (SSSR count). The summed E-state index contributed by atoms with van der Waals surface area (Å²) in [4.78, 5) is 12.7. The lowest BCUT2D eigenvalue weighted by Crippen LogP contribution is -2.27. The largest absolute Gasteiger partial charge is 0.490 e. The Labute approximate surface area is 207 Å². The Kier molecular flexibility index (Phi) is 8.83. The van der Waals surface area contributed by atoms with Crippen molar-refractivity contribution in [3.05, 3.63) is 99.3 Å². The van der Waals surface area contributed by atoms with Gasteiger partial charge in [0.05, 0.1) is 12.6 Å². The van der Waals surface area contributed by atoms with Gasteiger partial charge in [-0.15, -0.1) is 0 Å². The monoisotopic (exact) mass is 522 g/mol. The summed E-state index contributed by atoms with van der Waals surface area (Å²) in [6, 6.07) is 20.8. The van der Waals surface area contributed by atoms with Gasteiger partial charge in [0, 0.05) is 4.47 Å². The van der Waals surface area contributed by atoms with Gasteiger partial charge in [-0.05, 0) is 60.9 Å². The molecule has 0 saturated heterocycles. The molecular weight excluding hydrogens is 499 g/mol. The number of halogens is 2. The Hall–Kier alpha value is -3.63. The normalized spacial score (nSPS) is 11.9. The van der Waals surface area contributed by atoms with Crippen molar-refractivity contribution in [3.8, 4) is 17.6 Å². The van der Waals surface area contributed by atoms with Crippen molar-refractivity contribution < 1.29 is 18.7 Å². The molecule has 1 N–H and O–H groups in total. The molecule has 0 bridgehead atoms. The van der Waals surface area contributed by atoms with Crippen LogP contribution in [0.3, 0.4) is 0 Å². The first kappa shape index (κ1) is 25.0. The van der Waals surface area contributed by atoms with Crippen molar-refractivity contribution in [1.29, 1.82) is 5.26 Å². The zero-order valence-corrected chi connectivity index (χ0v) is 20.4. The van der Waals surface area contributed by atoms with Gasteiger partial charge in [-0.1, -0.05) is 58.4 Å². The van der Waals surface area contributed by atoms with Crippen LogP contribution >= 0.6 is 15.9 Å². The molecule has 0 saturated carbocycles. The van der Waals surface area contributed by atoms with Crippen molar-refractivity contribution in [2.75, 3.05) is 6.61 Å². The maximum atomic E-state index is 13.5. The highest BCUT2D eigenvalue weighted by molar-refractivity contribution is 9.10. The van der Waals surface area contributed by atoms with Crippen molar-refractivity contribution in [1.82, 2.24) is 5.32 Å². The Morgan fingerprint density at radius 1 is 1.12 bits per heavy atom. The molecule has 34 heavy (non-hydrogen) atoms. The number of carbonyl (C=O) groups is 1. The van der Waals surface area contributed by atoms with E-state index in [4.69, 9.17) is 9.47 Å². The van der Waals surface area contributed by atoms with Gasteiger partial charge < -0.3 is 14.8 Å². The molecule has 3 aromatic carbocycles. The predicted molar refractivity (Wildman–Crippen MR) is 133 cm³/mol. The van der Waals surface area contributed by atoms with Crippen LogP contribution in [-0.2, 0) is 11.4 Å². The first-order valence-corrected chi connectivity index (χ1v) is 11.5. The lowest BCUT2D eigenvalue weighted by atomic mass is 10.1. The van der Waals surface area contributed by atoms with E-state index in [2.05, 4.69) is 21.2 Å². The molecule has 0 aliphatic carbocycles. The number of nitrogens with one attached hydrogen (secondary N) is 1. The fourth-order valence-corrected chi connectivity index (χ4v) is 3.67. The molecule has 0 radical (unpaired) electrons. The van der Waals surface area contributed by atoms with Gasteiger partial charge in [-0.25, -0.2) is 4.39 Å². The Balaban J connectivity index is 1.82. The van der Waals surface area contributed by atoms with E-state index in [9.17, 15) is 14.4 Å². The van der Waals surface area contributed by atoms with E-state index in [1.165, 1.54) is 18.2 Å². The minimum atomic E-state index is -0.477. The van der Waals surface area contributed by atoms with Crippen LogP contribution in [0.4, 0.5) is 4.39 Å². The number of hydrogen-bond donors (Lipinski definition) is 1. The maximum Gasteiger partial charge on any atom is 0.262 e. The van der Waals surface area contributed by atoms with E-state index in [1.807, 2.05) is 50.2 Å². The van der Waals surface area contributed by atoms with Gasteiger partial charge in [0.1, 0.15) is 24.1 Å². The van der Waals surface area contributed by atoms with Gasteiger partial charge in [0.2, 0.25) is 0 Å². The second kappa shape index (κ2) is 12.0. The minimum Gasteiger partial charge on any atom is -0.490 e. The summed E-state index contributed by atoms with van der Waals surface area (Å²) in [5.41, 5.74) is 2.16. The quantitative estimate of drug-likeness (QED) is 0.262. The second-order valence-corrected chi connectivity index (χ2v) is 8.30. The number of benzene rings is 3. The number of hydrogen-bond acceptors (Lipinski definition) is 4. The second-order valence-electron chi connectivity index (χ2n) is 7.45. The molecule has 0 heterocycles. The third kappa shape index (κ3) is 6.69. The third-order valence-electron chi connectivity index (χ3n) is 4.96. The molecule has 0 aliphatic rings. The molecule has 5 nitrogen and oxygen atoms in total. The van der Waals surface area contributed by atoms with Crippen molar-refractivity contribution >= 4 is 27.9 Å². The van der Waals surface area contributed by atoms with Gasteiger partial charge in [0.25, 0.3) is 5.91 Å². The lowest BCUT2D eigenvalue weighted by molar-refractivity contribution is -0.117. The summed E-state index contributed by atoms with van der Waals surface area (Å²) in [6.07, 6.45) is 1.50. The number of carbonyl (C=O) groups excluding carboxylic acids is 1. The average molecular weight is 523 g/mol. The van der Waals surface area contributed by atoms with Crippen LogP contribution in [0, 0.1) is 17.1 Å². The SMILES string of the molecule is CCOc1cc(/C=C(/C#N)C(=O)N[C@H](C)c2ccccc2)c(Br)cc1OCc1cccc(F)c1. The number of nitriles is 1. The van der Waals surface area contributed by atoms with Crippen LogP contribution in [-0.4, -0.2) is 12.5 Å². The van der Waals surface area contributed by atoms with E-state index >= 15 is 0 Å². The topological polar surface area (TPSA) is 71.3 Å². The number of nitrogens with zero attached hydrogens (tertiary/aromatic N) is 1. The highest BCUT2D eigenvalue weighted by Gasteiger charge is 2.16. The van der Waals surface area contributed by atoms with Gasteiger partial charge >= 0.3 is 0 Å². The number of rotatable bonds is 9. The van der Waals surface area contributed by atoms with Crippen LogP contribution in [0.5, 0.6) is 11.5 Å². The zero-order chi connectivity index (χ0) is 24.5. The van der Waals surface area contributed by atoms with Crippen molar-refractivity contribution in [3.63, 3.8) is 0 Å². The summed E-state index contributed by atoms with van der Waals surface area (Å²) in [5.74, 6) is 0.0892. The van der Waals surface area contributed by atoms with Crippen LogP contribution in [0.25, 0.3) is 6.08 Å². The highest BCUT2D eigenvalue weighted by Crippen LogP contribution is 2.35. The lowest BCUT2D eigenvalue weighted by Gasteiger charge is -2.15. The first-order chi connectivity index (χ1) is 16.4. The Morgan fingerprint density at radius 3 is 2.53 bits per heavy atom. The van der Waals surface area contributed by atoms with Crippen molar-refractivity contribution in [2.24, 2.45) is 0 Å². The van der Waals surface area contributed by atoms with Crippen LogP contribution < -0.4 is 14.8 Å². The van der Waals surface area contributed by atoms with E-state index in [1.54, 1.807) is 24.3 Å². The summed E-state index contributed by atoms with van der Waals surface area (Å²) in [7, 11) is 0. The fraction of sp³-hybridized carbons (Fsp3) is 0.185.